The Morgan fingerprint density at radius 1 is 1.31 bits per heavy atom. The molecule has 0 spiro atoms. The van der Waals surface area contributed by atoms with Crippen LogP contribution in [0.3, 0.4) is 0 Å². The van der Waals surface area contributed by atoms with Gasteiger partial charge in [-0.05, 0) is 17.5 Å². The van der Waals surface area contributed by atoms with Gasteiger partial charge in [0.2, 0.25) is 17.9 Å². The Morgan fingerprint density at radius 3 is 2.66 bits per heavy atom. The van der Waals surface area contributed by atoms with Gasteiger partial charge in [0.1, 0.15) is 25.1 Å². The number of rotatable bonds is 9. The van der Waals surface area contributed by atoms with Crippen LogP contribution in [0.25, 0.3) is 0 Å². The van der Waals surface area contributed by atoms with Gasteiger partial charge in [-0.25, -0.2) is 9.59 Å². The normalized spacial score (nSPS) is 22.1. The van der Waals surface area contributed by atoms with Crippen LogP contribution in [0.5, 0.6) is 0 Å². The summed E-state index contributed by atoms with van der Waals surface area (Å²) in [6.07, 6.45) is -0.977. The van der Waals surface area contributed by atoms with Gasteiger partial charge >= 0.3 is 18.0 Å². The smallest absolute Gasteiger partial charge is 0.404 e. The summed E-state index contributed by atoms with van der Waals surface area (Å²) in [5, 5.41) is 7.01. The van der Waals surface area contributed by atoms with Crippen LogP contribution < -0.4 is 11.1 Å². The van der Waals surface area contributed by atoms with Crippen molar-refractivity contribution in [1.82, 2.24) is 10.2 Å². The van der Waals surface area contributed by atoms with Crippen LogP contribution in [0.1, 0.15) is 19.6 Å². The number of nitrogens with two attached hydrogens (primary N) is 1. The maximum absolute atomic E-state index is 13.0. The van der Waals surface area contributed by atoms with Crippen LogP contribution in [0, 0.1) is 0 Å². The number of primary amides is 1. The van der Waals surface area contributed by atoms with Crippen molar-refractivity contribution in [3.8, 4) is 0 Å². The first-order chi connectivity index (χ1) is 16.6. The summed E-state index contributed by atoms with van der Waals surface area (Å²) >= 11 is 1.11. The van der Waals surface area contributed by atoms with Crippen molar-refractivity contribution < 1.29 is 47.4 Å². The molecule has 3 N–H and O–H groups in total. The van der Waals surface area contributed by atoms with Crippen molar-refractivity contribution in [3.63, 3.8) is 0 Å². The van der Waals surface area contributed by atoms with E-state index in [0.717, 1.165) is 23.6 Å². The molecule has 3 amide bonds. The fraction of sp³-hybridized carbons (Fsp3) is 0.400. The summed E-state index contributed by atoms with van der Waals surface area (Å²) in [6.45, 7) is 2.07. The number of nitrogens with zero attached hydrogens (tertiary/aromatic N) is 2. The summed E-state index contributed by atoms with van der Waals surface area (Å²) in [4.78, 5) is 66.7. The zero-order valence-electron chi connectivity index (χ0n) is 18.8. The number of nitrogens with one attached hydrogen (secondary N) is 1. The Hall–Kier alpha value is -4.01. The lowest BCUT2D eigenvalue weighted by Gasteiger charge is -2.51. The Balaban J connectivity index is 1.79. The van der Waals surface area contributed by atoms with Gasteiger partial charge in [0.05, 0.1) is 6.26 Å². The van der Waals surface area contributed by atoms with E-state index >= 15 is 0 Å². The van der Waals surface area contributed by atoms with Crippen molar-refractivity contribution in [3.05, 3.63) is 35.1 Å². The number of amides is 3. The van der Waals surface area contributed by atoms with Gasteiger partial charge in [-0.15, -0.1) is 11.8 Å². The molecule has 0 unspecified atom stereocenters. The number of furan rings is 1. The van der Waals surface area contributed by atoms with Crippen LogP contribution in [-0.4, -0.2) is 77.9 Å². The number of esters is 2. The number of hydrogen-bond donors (Lipinski definition) is 2. The number of oxime groups is 1. The number of hydrogen-bond acceptors (Lipinski definition) is 12. The molecule has 35 heavy (non-hydrogen) atoms. The molecule has 2 aliphatic heterocycles. The molecule has 2 aliphatic rings. The zero-order valence-corrected chi connectivity index (χ0v) is 19.6. The summed E-state index contributed by atoms with van der Waals surface area (Å²) in [7, 11) is 1.25. The quantitative estimate of drug-likeness (QED) is 0.147. The molecule has 0 aliphatic carbocycles. The average Bonchev–Trinajstić information content (AvgIpc) is 3.32. The second-order valence-electron chi connectivity index (χ2n) is 7.14. The molecule has 0 bridgehead atoms. The molecule has 15 heteroatoms. The lowest BCUT2D eigenvalue weighted by molar-refractivity contribution is -0.189. The van der Waals surface area contributed by atoms with Gasteiger partial charge in [-0.1, -0.05) is 5.16 Å². The maximum Gasteiger partial charge on any atom is 0.404 e. The van der Waals surface area contributed by atoms with Gasteiger partial charge in [0.15, 0.2) is 11.8 Å². The molecule has 1 saturated heterocycles. The third-order valence-electron chi connectivity index (χ3n) is 4.73. The Bertz CT molecular complexity index is 1070. The fourth-order valence-electron chi connectivity index (χ4n) is 3.37. The van der Waals surface area contributed by atoms with Crippen LogP contribution >= 0.6 is 11.8 Å². The molecule has 4 atom stereocenters. The minimum Gasteiger partial charge on any atom is -0.462 e. The molecule has 3 heterocycles. The predicted octanol–water partition coefficient (Wildman–Crippen LogP) is -0.170. The number of β-lactam (4-membered cyclic amide) rings is 1. The van der Waals surface area contributed by atoms with E-state index in [9.17, 15) is 24.0 Å². The van der Waals surface area contributed by atoms with Crippen molar-refractivity contribution in [1.29, 1.82) is 0 Å². The molecule has 1 aromatic rings. The maximum atomic E-state index is 13.0. The SMILES string of the molecule is CO/N=C(/C(=O)N[C@@H]1C(=O)N2[C@H](C(=O)O[C@@H](C)OC(C)=O)C(COC(N)=O)=CS[C@H]12)c1ccco1. The largest absolute Gasteiger partial charge is 0.462 e. The van der Waals surface area contributed by atoms with E-state index in [-0.39, 0.29) is 23.7 Å². The van der Waals surface area contributed by atoms with Gasteiger partial charge in [0, 0.05) is 19.4 Å². The lowest BCUT2D eigenvalue weighted by Crippen LogP contribution is -2.74. The highest BCUT2D eigenvalue weighted by Crippen LogP contribution is 2.40. The van der Waals surface area contributed by atoms with E-state index in [2.05, 4.69) is 10.5 Å². The molecule has 0 radical (unpaired) electrons. The molecular weight excluding hydrogens is 488 g/mol. The minimum absolute atomic E-state index is 0.121. The Morgan fingerprint density at radius 2 is 2.06 bits per heavy atom. The van der Waals surface area contributed by atoms with E-state index in [1.807, 2.05) is 0 Å². The van der Waals surface area contributed by atoms with Gasteiger partial charge in [-0.2, -0.15) is 0 Å². The van der Waals surface area contributed by atoms with Crippen LogP contribution in [0.15, 0.2) is 38.9 Å². The van der Waals surface area contributed by atoms with Crippen molar-refractivity contribution in [2.75, 3.05) is 13.7 Å². The highest BCUT2D eigenvalue weighted by molar-refractivity contribution is 8.03. The number of thioether (sulfide) groups is 1. The average molecular weight is 510 g/mol. The zero-order chi connectivity index (χ0) is 25.7. The number of carbonyl (C=O) groups excluding carboxylic acids is 5. The molecule has 1 aromatic heterocycles. The number of carbonyl (C=O) groups is 5. The van der Waals surface area contributed by atoms with Crippen LogP contribution in [0.4, 0.5) is 4.79 Å². The standard InChI is InChI=1S/C20H22N4O10S/c1-9(25)33-10(2)34-19(28)15-11(7-32-20(21)29)8-35-18-14(17(27)24(15)18)22-16(26)13(23-30-3)12-5-4-6-31-12/h4-6,8,10,14-15,18H,7H2,1-3H3,(H2,21,29)(H,22,26)/b23-13+/t10-,14+,15-,18+/m0/s1. The first kappa shape index (κ1) is 25.6. The molecule has 1 fully saturated rings. The monoisotopic (exact) mass is 510 g/mol. The molecule has 0 saturated carbocycles. The second-order valence-corrected chi connectivity index (χ2v) is 8.13. The lowest BCUT2D eigenvalue weighted by atomic mass is 9.98. The third-order valence-corrected chi connectivity index (χ3v) is 5.94. The summed E-state index contributed by atoms with van der Waals surface area (Å²) in [5.41, 5.74) is 5.03. The molecule has 0 aromatic carbocycles. The number of ether oxygens (including phenoxy) is 3. The van der Waals surface area contributed by atoms with Gasteiger partial charge in [0.25, 0.3) is 5.91 Å². The fourth-order valence-corrected chi connectivity index (χ4v) is 4.58. The van der Waals surface area contributed by atoms with Gasteiger partial charge < -0.3 is 39.4 Å². The van der Waals surface area contributed by atoms with Crippen molar-refractivity contribution >= 4 is 47.3 Å². The Labute approximate surface area is 202 Å². The predicted molar refractivity (Wildman–Crippen MR) is 117 cm³/mol. The Kier molecular flexibility index (Phi) is 8.01. The van der Waals surface area contributed by atoms with Crippen molar-refractivity contribution in [2.45, 2.75) is 37.6 Å². The van der Waals surface area contributed by atoms with E-state index in [1.165, 1.54) is 31.8 Å². The first-order valence-corrected chi connectivity index (χ1v) is 11.0. The topological polar surface area (TPSA) is 189 Å². The molecule has 3 rings (SSSR count). The molecule has 14 nitrogen and oxygen atoms in total. The molecular formula is C20H22N4O10S. The van der Waals surface area contributed by atoms with E-state index in [4.69, 9.17) is 29.2 Å². The minimum atomic E-state index is -1.31. The van der Waals surface area contributed by atoms with Gasteiger partial charge in [-0.3, -0.25) is 14.4 Å². The summed E-state index contributed by atoms with van der Waals surface area (Å²) in [6, 6.07) is 0.706. The van der Waals surface area contributed by atoms with Crippen LogP contribution in [0.2, 0.25) is 0 Å². The van der Waals surface area contributed by atoms with E-state index < -0.39 is 53.6 Å². The number of fused-ring (bicyclic) bond motifs is 1. The molecule has 188 valence electrons. The third kappa shape index (κ3) is 5.74. The summed E-state index contributed by atoms with van der Waals surface area (Å²) in [5.74, 6) is -2.84. The summed E-state index contributed by atoms with van der Waals surface area (Å²) < 4.78 is 19.9. The second kappa shape index (κ2) is 10.9. The first-order valence-electron chi connectivity index (χ1n) is 10.1. The highest BCUT2D eigenvalue weighted by atomic mass is 32.2. The highest BCUT2D eigenvalue weighted by Gasteiger charge is 2.56. The van der Waals surface area contributed by atoms with E-state index in [1.54, 1.807) is 6.07 Å². The van der Waals surface area contributed by atoms with E-state index in [0.29, 0.717) is 0 Å². The van der Waals surface area contributed by atoms with Crippen molar-refractivity contribution in [2.24, 2.45) is 10.9 Å². The van der Waals surface area contributed by atoms with Crippen LogP contribution in [-0.2, 0) is 38.2 Å².